The van der Waals surface area contributed by atoms with Crippen LogP contribution in [0.5, 0.6) is 0 Å². The Hall–Kier alpha value is -1.30. The van der Waals surface area contributed by atoms with Crippen LogP contribution >= 0.6 is 0 Å². The Kier molecular flexibility index (Phi) is 3.00. The largest absolute Gasteiger partial charge is 0.481 e. The predicted octanol–water partition coefficient (Wildman–Crippen LogP) is 0.320. The third-order valence-electron chi connectivity index (χ3n) is 3.24. The Bertz CT molecular complexity index is 298. The summed E-state index contributed by atoms with van der Waals surface area (Å²) < 4.78 is 9.96. The highest BCUT2D eigenvalue weighted by Crippen LogP contribution is 2.32. The number of cyclic esters (lactones) is 1. The highest BCUT2D eigenvalue weighted by atomic mass is 16.6. The van der Waals surface area contributed by atoms with E-state index >= 15 is 0 Å². The quantitative estimate of drug-likeness (QED) is 0.754. The Balaban J connectivity index is 2.07. The normalized spacial score (nSPS) is 24.2. The van der Waals surface area contributed by atoms with Gasteiger partial charge in [0.05, 0.1) is 12.0 Å². The second kappa shape index (κ2) is 4.29. The fourth-order valence-corrected chi connectivity index (χ4v) is 2.14. The van der Waals surface area contributed by atoms with Crippen molar-refractivity contribution in [1.82, 2.24) is 4.90 Å². The average Bonchev–Trinajstić information content (AvgIpc) is 2.65. The maximum absolute atomic E-state index is 11.3. The van der Waals surface area contributed by atoms with E-state index in [1.807, 2.05) is 0 Å². The number of hydrogen-bond acceptors (Lipinski definition) is 4. The monoisotopic (exact) mass is 229 g/mol. The molecule has 0 aromatic carbocycles. The molecule has 0 atom stereocenters. The van der Waals surface area contributed by atoms with E-state index in [4.69, 9.17) is 9.47 Å². The Morgan fingerprint density at radius 3 is 2.56 bits per heavy atom. The first-order valence-electron chi connectivity index (χ1n) is 5.37. The van der Waals surface area contributed by atoms with Crippen molar-refractivity contribution in [2.24, 2.45) is 5.41 Å². The SMILES string of the molecule is O=C1OCCN1CC1(C(=O)O)CCOCC1. The zero-order valence-corrected chi connectivity index (χ0v) is 8.98. The standard InChI is InChI=1S/C10H15NO5/c12-8(13)10(1-4-15-5-2-10)7-11-3-6-16-9(11)14/h1-7H2,(H,12,13). The molecule has 2 aliphatic rings. The number of nitrogens with zero attached hydrogens (tertiary/aromatic N) is 1. The summed E-state index contributed by atoms with van der Waals surface area (Å²) in [6, 6.07) is 0. The number of carboxylic acids is 1. The van der Waals surface area contributed by atoms with Gasteiger partial charge in [-0.1, -0.05) is 0 Å². The summed E-state index contributed by atoms with van der Waals surface area (Å²) in [5.41, 5.74) is -0.860. The number of carboxylic acid groups (broad SMARTS) is 1. The van der Waals surface area contributed by atoms with Crippen LogP contribution in [0.3, 0.4) is 0 Å². The van der Waals surface area contributed by atoms with Crippen molar-refractivity contribution >= 4 is 12.1 Å². The Morgan fingerprint density at radius 1 is 1.38 bits per heavy atom. The number of carbonyl (C=O) groups is 2. The fraction of sp³-hybridized carbons (Fsp3) is 0.800. The van der Waals surface area contributed by atoms with Crippen molar-refractivity contribution in [2.45, 2.75) is 12.8 Å². The molecule has 0 radical (unpaired) electrons. The van der Waals surface area contributed by atoms with Crippen LogP contribution in [-0.2, 0) is 14.3 Å². The lowest BCUT2D eigenvalue weighted by atomic mass is 9.80. The van der Waals surface area contributed by atoms with E-state index in [1.54, 1.807) is 0 Å². The first kappa shape index (κ1) is 11.2. The van der Waals surface area contributed by atoms with Crippen molar-refractivity contribution in [1.29, 1.82) is 0 Å². The summed E-state index contributed by atoms with van der Waals surface area (Å²) in [5, 5.41) is 9.30. The molecule has 2 rings (SSSR count). The molecule has 0 unspecified atom stereocenters. The molecule has 6 heteroatoms. The van der Waals surface area contributed by atoms with E-state index in [1.165, 1.54) is 4.90 Å². The van der Waals surface area contributed by atoms with E-state index in [-0.39, 0.29) is 6.54 Å². The third kappa shape index (κ3) is 1.97. The summed E-state index contributed by atoms with van der Waals surface area (Å²) in [6.45, 7) is 1.94. The second-order valence-corrected chi connectivity index (χ2v) is 4.23. The molecule has 90 valence electrons. The van der Waals surface area contributed by atoms with Gasteiger partial charge in [-0.25, -0.2) is 4.79 Å². The molecule has 2 fully saturated rings. The van der Waals surface area contributed by atoms with E-state index in [0.29, 0.717) is 39.2 Å². The van der Waals surface area contributed by atoms with E-state index in [0.717, 1.165) is 0 Å². The number of carbonyl (C=O) groups excluding carboxylic acids is 1. The number of amides is 1. The molecule has 0 aromatic rings. The van der Waals surface area contributed by atoms with Crippen LogP contribution in [-0.4, -0.2) is 55.0 Å². The number of ether oxygens (including phenoxy) is 2. The number of rotatable bonds is 3. The van der Waals surface area contributed by atoms with Crippen LogP contribution in [0.4, 0.5) is 4.79 Å². The topological polar surface area (TPSA) is 76.1 Å². The number of hydrogen-bond donors (Lipinski definition) is 1. The molecule has 2 saturated heterocycles. The third-order valence-corrected chi connectivity index (χ3v) is 3.24. The van der Waals surface area contributed by atoms with Gasteiger partial charge in [0, 0.05) is 19.8 Å². The van der Waals surface area contributed by atoms with Gasteiger partial charge in [-0.3, -0.25) is 4.79 Å². The molecule has 0 bridgehead atoms. The molecule has 0 aromatic heterocycles. The summed E-state index contributed by atoms with van der Waals surface area (Å²) in [7, 11) is 0. The smallest absolute Gasteiger partial charge is 0.409 e. The van der Waals surface area contributed by atoms with Crippen molar-refractivity contribution < 1.29 is 24.2 Å². The van der Waals surface area contributed by atoms with Crippen molar-refractivity contribution in [3.8, 4) is 0 Å². The minimum absolute atomic E-state index is 0.227. The highest BCUT2D eigenvalue weighted by molar-refractivity contribution is 5.77. The highest BCUT2D eigenvalue weighted by Gasteiger charge is 2.43. The summed E-state index contributed by atoms with van der Waals surface area (Å²) >= 11 is 0. The van der Waals surface area contributed by atoms with Crippen LogP contribution in [0.1, 0.15) is 12.8 Å². The van der Waals surface area contributed by atoms with E-state index in [2.05, 4.69) is 0 Å². The molecule has 0 saturated carbocycles. The average molecular weight is 229 g/mol. The van der Waals surface area contributed by atoms with Gasteiger partial charge in [-0.05, 0) is 12.8 Å². The van der Waals surface area contributed by atoms with Gasteiger partial charge in [-0.2, -0.15) is 0 Å². The first-order chi connectivity index (χ1) is 7.64. The molecule has 0 aliphatic carbocycles. The Labute approximate surface area is 93.1 Å². The van der Waals surface area contributed by atoms with Crippen molar-refractivity contribution in [3.63, 3.8) is 0 Å². The minimum atomic E-state index is -0.860. The van der Waals surface area contributed by atoms with Crippen LogP contribution in [0, 0.1) is 5.41 Å². The van der Waals surface area contributed by atoms with Gasteiger partial charge in [0.15, 0.2) is 0 Å². The van der Waals surface area contributed by atoms with Gasteiger partial charge in [0.1, 0.15) is 6.61 Å². The maximum Gasteiger partial charge on any atom is 0.409 e. The molecule has 16 heavy (non-hydrogen) atoms. The molecule has 2 heterocycles. The van der Waals surface area contributed by atoms with Crippen LogP contribution in [0.2, 0.25) is 0 Å². The van der Waals surface area contributed by atoms with E-state index in [9.17, 15) is 14.7 Å². The second-order valence-electron chi connectivity index (χ2n) is 4.23. The summed E-state index contributed by atoms with van der Waals surface area (Å²) in [6.07, 6.45) is 0.491. The van der Waals surface area contributed by atoms with E-state index < -0.39 is 17.5 Å². The lowest BCUT2D eigenvalue weighted by molar-refractivity contribution is -0.155. The van der Waals surface area contributed by atoms with Crippen molar-refractivity contribution in [2.75, 3.05) is 32.9 Å². The van der Waals surface area contributed by atoms with Gasteiger partial charge in [0.25, 0.3) is 0 Å². The van der Waals surface area contributed by atoms with Crippen LogP contribution in [0.15, 0.2) is 0 Å². The van der Waals surface area contributed by atoms with Crippen LogP contribution < -0.4 is 0 Å². The minimum Gasteiger partial charge on any atom is -0.481 e. The molecule has 1 amide bonds. The van der Waals surface area contributed by atoms with Crippen LogP contribution in [0.25, 0.3) is 0 Å². The molecule has 6 nitrogen and oxygen atoms in total. The molecular formula is C10H15NO5. The molecule has 1 N–H and O–H groups in total. The zero-order chi connectivity index (χ0) is 11.6. The lowest BCUT2D eigenvalue weighted by Gasteiger charge is -2.35. The zero-order valence-electron chi connectivity index (χ0n) is 8.98. The van der Waals surface area contributed by atoms with Crippen molar-refractivity contribution in [3.05, 3.63) is 0 Å². The maximum atomic E-state index is 11.3. The number of aliphatic carboxylic acids is 1. The molecular weight excluding hydrogens is 214 g/mol. The van der Waals surface area contributed by atoms with Gasteiger partial charge in [-0.15, -0.1) is 0 Å². The summed E-state index contributed by atoms with van der Waals surface area (Å²) in [5.74, 6) is -0.851. The summed E-state index contributed by atoms with van der Waals surface area (Å²) in [4.78, 5) is 24.1. The fourth-order valence-electron chi connectivity index (χ4n) is 2.14. The molecule has 2 aliphatic heterocycles. The van der Waals surface area contributed by atoms with Gasteiger partial charge < -0.3 is 19.5 Å². The Morgan fingerprint density at radius 2 is 2.06 bits per heavy atom. The van der Waals surface area contributed by atoms with Gasteiger partial charge >= 0.3 is 12.1 Å². The first-order valence-corrected chi connectivity index (χ1v) is 5.37. The van der Waals surface area contributed by atoms with Gasteiger partial charge in [0.2, 0.25) is 0 Å². The predicted molar refractivity (Wildman–Crippen MR) is 53.0 cm³/mol. The lowest BCUT2D eigenvalue weighted by Crippen LogP contribution is -2.47. The molecule has 0 spiro atoms.